The molecule has 0 amide bonds. The van der Waals surface area contributed by atoms with Gasteiger partial charge in [0.05, 0.1) is 19.8 Å². The van der Waals surface area contributed by atoms with Crippen LogP contribution in [0.25, 0.3) is 10.9 Å². The van der Waals surface area contributed by atoms with Gasteiger partial charge in [-0.1, -0.05) is 30.3 Å². The number of ether oxygens (including phenoxy) is 2. The number of hydrogen-bond donors (Lipinski definition) is 1. The second kappa shape index (κ2) is 5.36. The summed E-state index contributed by atoms with van der Waals surface area (Å²) < 4.78 is 11.4. The lowest BCUT2D eigenvalue weighted by atomic mass is 9.97. The van der Waals surface area contributed by atoms with Crippen LogP contribution in [0.3, 0.4) is 0 Å². The molecule has 2 aromatic carbocycles. The molecule has 4 heteroatoms. The molecular weight excluding hydrogens is 300 g/mol. The Hall–Kier alpha value is -2.30. The number of fused-ring (bicyclic) bond motifs is 5. The molecule has 0 bridgehead atoms. The summed E-state index contributed by atoms with van der Waals surface area (Å²) in [4.78, 5) is 6.11. The van der Waals surface area contributed by atoms with Gasteiger partial charge in [-0.25, -0.2) is 0 Å². The van der Waals surface area contributed by atoms with E-state index in [1.165, 1.54) is 27.7 Å². The number of benzene rings is 2. The van der Waals surface area contributed by atoms with E-state index in [0.29, 0.717) is 6.04 Å². The van der Waals surface area contributed by atoms with Crippen LogP contribution in [-0.4, -0.2) is 30.1 Å². The van der Waals surface area contributed by atoms with Crippen LogP contribution in [0.5, 0.6) is 5.75 Å². The Morgan fingerprint density at radius 1 is 1.12 bits per heavy atom. The molecule has 1 aromatic heterocycles. The van der Waals surface area contributed by atoms with Crippen LogP contribution >= 0.6 is 0 Å². The number of nitrogens with one attached hydrogen (secondary N) is 1. The van der Waals surface area contributed by atoms with Gasteiger partial charge in [0, 0.05) is 23.1 Å². The second-order valence-electron chi connectivity index (χ2n) is 6.53. The minimum Gasteiger partial charge on any atom is -0.497 e. The van der Waals surface area contributed by atoms with Crippen LogP contribution in [0.1, 0.15) is 29.1 Å². The maximum atomic E-state index is 6.18. The van der Waals surface area contributed by atoms with E-state index in [1.807, 2.05) is 12.1 Å². The molecular formula is C20H20N2O2. The Balaban J connectivity index is 1.50. The maximum absolute atomic E-state index is 6.18. The molecule has 2 aliphatic heterocycles. The summed E-state index contributed by atoms with van der Waals surface area (Å²) in [5, 5.41) is 1.36. The molecule has 3 heterocycles. The highest BCUT2D eigenvalue weighted by Crippen LogP contribution is 2.44. The first-order valence-electron chi connectivity index (χ1n) is 8.46. The van der Waals surface area contributed by atoms with Gasteiger partial charge in [-0.2, -0.15) is 0 Å². The van der Waals surface area contributed by atoms with Gasteiger partial charge in [-0.3, -0.25) is 4.90 Å². The average Bonchev–Trinajstić information content (AvgIpc) is 3.23. The van der Waals surface area contributed by atoms with Crippen molar-refractivity contribution in [3.63, 3.8) is 0 Å². The molecule has 0 aliphatic carbocycles. The summed E-state index contributed by atoms with van der Waals surface area (Å²) >= 11 is 0. The van der Waals surface area contributed by atoms with Crippen molar-refractivity contribution in [2.24, 2.45) is 0 Å². The largest absolute Gasteiger partial charge is 0.497 e. The minimum absolute atomic E-state index is 0.0282. The van der Waals surface area contributed by atoms with Crippen molar-refractivity contribution < 1.29 is 9.47 Å². The van der Waals surface area contributed by atoms with E-state index < -0.39 is 0 Å². The number of aromatic nitrogens is 1. The summed E-state index contributed by atoms with van der Waals surface area (Å²) in [6.45, 7) is 1.76. The van der Waals surface area contributed by atoms with E-state index in [4.69, 9.17) is 9.47 Å². The van der Waals surface area contributed by atoms with Gasteiger partial charge in [0.15, 0.2) is 0 Å². The standard InChI is InChI=1S/C20H20N2O2/c1-23-14-8-6-13(7-9-14)20-22-11-10-16-15-4-2-3-5-17(15)21-19(16)18(22)12-24-20/h2-9,18,20-21H,10-12H2,1H3. The van der Waals surface area contributed by atoms with E-state index >= 15 is 0 Å². The molecule has 0 saturated carbocycles. The maximum Gasteiger partial charge on any atom is 0.137 e. The Morgan fingerprint density at radius 2 is 1.96 bits per heavy atom. The van der Waals surface area contributed by atoms with Crippen molar-refractivity contribution in [1.29, 1.82) is 0 Å². The van der Waals surface area contributed by atoms with Crippen LogP contribution in [0.4, 0.5) is 0 Å². The summed E-state index contributed by atoms with van der Waals surface area (Å²) in [6.07, 6.45) is 1.09. The topological polar surface area (TPSA) is 37.5 Å². The Bertz CT molecular complexity index is 884. The van der Waals surface area contributed by atoms with Gasteiger partial charge in [-0.05, 0) is 35.7 Å². The fraction of sp³-hybridized carbons (Fsp3) is 0.300. The van der Waals surface area contributed by atoms with E-state index in [9.17, 15) is 0 Å². The molecule has 24 heavy (non-hydrogen) atoms. The Morgan fingerprint density at radius 3 is 2.79 bits per heavy atom. The molecule has 4 nitrogen and oxygen atoms in total. The average molecular weight is 320 g/mol. The first-order valence-corrected chi connectivity index (χ1v) is 8.46. The number of H-pyrrole nitrogens is 1. The number of aromatic amines is 1. The van der Waals surface area contributed by atoms with Crippen LogP contribution in [0, 0.1) is 0 Å². The zero-order valence-corrected chi connectivity index (χ0v) is 13.7. The number of methoxy groups -OCH3 is 1. The Labute approximate surface area is 141 Å². The normalized spacial score (nSPS) is 23.2. The van der Waals surface area contributed by atoms with Gasteiger partial charge in [0.1, 0.15) is 12.0 Å². The monoisotopic (exact) mass is 320 g/mol. The molecule has 2 aliphatic rings. The van der Waals surface area contributed by atoms with Crippen molar-refractivity contribution in [3.8, 4) is 5.75 Å². The van der Waals surface area contributed by atoms with Gasteiger partial charge < -0.3 is 14.5 Å². The van der Waals surface area contributed by atoms with Gasteiger partial charge in [0.2, 0.25) is 0 Å². The molecule has 1 fully saturated rings. The predicted molar refractivity (Wildman–Crippen MR) is 93.1 cm³/mol. The van der Waals surface area contributed by atoms with E-state index in [0.717, 1.165) is 25.3 Å². The van der Waals surface area contributed by atoms with Crippen LogP contribution in [-0.2, 0) is 11.2 Å². The van der Waals surface area contributed by atoms with Crippen molar-refractivity contribution >= 4 is 10.9 Å². The molecule has 1 N–H and O–H groups in total. The third-order valence-electron chi connectivity index (χ3n) is 5.31. The number of rotatable bonds is 2. The highest BCUT2D eigenvalue weighted by Gasteiger charge is 2.40. The smallest absolute Gasteiger partial charge is 0.137 e. The van der Waals surface area contributed by atoms with Crippen molar-refractivity contribution in [3.05, 3.63) is 65.4 Å². The third kappa shape index (κ3) is 2.00. The summed E-state index contributed by atoms with van der Waals surface area (Å²) in [6, 6.07) is 17.1. The van der Waals surface area contributed by atoms with Crippen LogP contribution < -0.4 is 4.74 Å². The third-order valence-corrected chi connectivity index (χ3v) is 5.31. The van der Waals surface area contributed by atoms with Crippen LogP contribution in [0.15, 0.2) is 48.5 Å². The number of hydrogen-bond acceptors (Lipinski definition) is 3. The van der Waals surface area contributed by atoms with Gasteiger partial charge in [-0.15, -0.1) is 0 Å². The Kier molecular flexibility index (Phi) is 3.15. The number of nitrogens with zero attached hydrogens (tertiary/aromatic N) is 1. The first kappa shape index (κ1) is 14.1. The minimum atomic E-state index is 0.0282. The molecule has 5 rings (SSSR count). The second-order valence-corrected chi connectivity index (χ2v) is 6.53. The SMILES string of the molecule is COc1ccc(C2OCC3c4[nH]c5ccccc5c4CCN32)cc1. The van der Waals surface area contributed by atoms with Gasteiger partial charge >= 0.3 is 0 Å². The molecule has 122 valence electrons. The van der Waals surface area contributed by atoms with E-state index in [1.54, 1.807) is 7.11 Å². The lowest BCUT2D eigenvalue weighted by molar-refractivity contribution is 0.0279. The van der Waals surface area contributed by atoms with Crippen molar-refractivity contribution in [2.75, 3.05) is 20.3 Å². The molecule has 2 unspecified atom stereocenters. The highest BCUT2D eigenvalue weighted by atomic mass is 16.5. The molecule has 1 saturated heterocycles. The summed E-state index contributed by atoms with van der Waals surface area (Å²) in [5.74, 6) is 0.879. The van der Waals surface area contributed by atoms with Crippen LogP contribution in [0.2, 0.25) is 0 Å². The lowest BCUT2D eigenvalue weighted by Gasteiger charge is -2.32. The van der Waals surface area contributed by atoms with Crippen molar-refractivity contribution in [2.45, 2.75) is 18.7 Å². The lowest BCUT2D eigenvalue weighted by Crippen LogP contribution is -2.33. The fourth-order valence-electron chi connectivity index (χ4n) is 4.13. The van der Waals surface area contributed by atoms with E-state index in [-0.39, 0.29) is 6.23 Å². The van der Waals surface area contributed by atoms with E-state index in [2.05, 4.69) is 46.3 Å². The zero-order valence-electron chi connectivity index (χ0n) is 13.7. The predicted octanol–water partition coefficient (Wildman–Crippen LogP) is 3.80. The van der Waals surface area contributed by atoms with Crippen molar-refractivity contribution in [1.82, 2.24) is 9.88 Å². The summed E-state index contributed by atoms with van der Waals surface area (Å²) in [5.41, 5.74) is 5.22. The highest BCUT2D eigenvalue weighted by molar-refractivity contribution is 5.85. The number of para-hydroxylation sites is 1. The molecule has 2 atom stereocenters. The molecule has 0 radical (unpaired) electrons. The summed E-state index contributed by atoms with van der Waals surface area (Å²) in [7, 11) is 1.69. The quantitative estimate of drug-likeness (QED) is 0.780. The molecule has 3 aromatic rings. The fourth-order valence-corrected chi connectivity index (χ4v) is 4.13. The van der Waals surface area contributed by atoms with Gasteiger partial charge in [0.25, 0.3) is 0 Å². The first-order chi connectivity index (χ1) is 11.8. The zero-order chi connectivity index (χ0) is 16.1. The molecule has 0 spiro atoms.